The molecule has 1 N–H and O–H groups in total. The molecule has 1 fully saturated rings. The number of amides is 1. The fourth-order valence-corrected chi connectivity index (χ4v) is 5.73. The Morgan fingerprint density at radius 1 is 1.00 bits per heavy atom. The molecule has 1 amide bonds. The maximum atomic E-state index is 14.0. The van der Waals surface area contributed by atoms with Crippen LogP contribution in [0.3, 0.4) is 0 Å². The van der Waals surface area contributed by atoms with Gasteiger partial charge in [0.1, 0.15) is 6.61 Å². The molecule has 36 heavy (non-hydrogen) atoms. The van der Waals surface area contributed by atoms with Crippen LogP contribution in [-0.2, 0) is 12.0 Å². The van der Waals surface area contributed by atoms with Crippen molar-refractivity contribution in [3.05, 3.63) is 89.6 Å². The summed E-state index contributed by atoms with van der Waals surface area (Å²) < 4.78 is 12.0. The Morgan fingerprint density at radius 3 is 2.53 bits per heavy atom. The van der Waals surface area contributed by atoms with Gasteiger partial charge in [0.15, 0.2) is 11.5 Å². The third kappa shape index (κ3) is 3.82. The number of nitrogens with zero attached hydrogens (tertiary/aromatic N) is 2. The van der Waals surface area contributed by atoms with Crippen molar-refractivity contribution in [2.75, 3.05) is 38.7 Å². The Bertz CT molecular complexity index is 1400. The summed E-state index contributed by atoms with van der Waals surface area (Å²) in [5, 5.41) is 0.947. The van der Waals surface area contributed by atoms with E-state index in [1.165, 1.54) is 5.56 Å². The lowest BCUT2D eigenvalue weighted by atomic mass is 9.74. The first-order valence-corrected chi connectivity index (χ1v) is 12.5. The molecule has 1 aromatic heterocycles. The van der Waals surface area contributed by atoms with Crippen molar-refractivity contribution in [3.8, 4) is 11.5 Å². The predicted octanol–water partition coefficient (Wildman–Crippen LogP) is 5.38. The van der Waals surface area contributed by atoms with E-state index in [0.717, 1.165) is 48.1 Å². The van der Waals surface area contributed by atoms with Gasteiger partial charge >= 0.3 is 0 Å². The van der Waals surface area contributed by atoms with Gasteiger partial charge in [0.2, 0.25) is 0 Å². The number of ether oxygens (including phenoxy) is 2. The molecular formula is C30H31N3O3. The average Bonchev–Trinajstić information content (AvgIpc) is 3.48. The van der Waals surface area contributed by atoms with Crippen LogP contribution in [0, 0.1) is 0 Å². The third-order valence-corrected chi connectivity index (χ3v) is 7.85. The number of hydrogen-bond donors (Lipinski definition) is 1. The number of para-hydroxylation sites is 1. The first-order valence-electron chi connectivity index (χ1n) is 12.5. The van der Waals surface area contributed by atoms with Crippen molar-refractivity contribution in [1.82, 2.24) is 9.88 Å². The zero-order valence-electron chi connectivity index (χ0n) is 20.8. The molecule has 3 aromatic carbocycles. The predicted molar refractivity (Wildman–Crippen MR) is 142 cm³/mol. The Labute approximate surface area is 211 Å². The molecule has 2 aliphatic rings. The number of carbonyl (C=O) groups is 1. The van der Waals surface area contributed by atoms with Crippen molar-refractivity contribution in [1.29, 1.82) is 0 Å². The van der Waals surface area contributed by atoms with E-state index in [2.05, 4.69) is 23.0 Å². The lowest BCUT2D eigenvalue weighted by Gasteiger charge is -2.38. The van der Waals surface area contributed by atoms with Gasteiger partial charge in [0.25, 0.3) is 5.91 Å². The van der Waals surface area contributed by atoms with Gasteiger partial charge in [-0.15, -0.1) is 0 Å². The highest BCUT2D eigenvalue weighted by atomic mass is 16.5. The number of methoxy groups -OCH3 is 1. The van der Waals surface area contributed by atoms with Crippen molar-refractivity contribution < 1.29 is 14.3 Å². The number of hydrogen-bond acceptors (Lipinski definition) is 4. The molecule has 0 atom stereocenters. The number of rotatable bonds is 5. The number of aromatic amines is 1. The largest absolute Gasteiger partial charge is 0.493 e. The summed E-state index contributed by atoms with van der Waals surface area (Å²) in [6.45, 7) is 3.11. The number of benzene rings is 3. The minimum atomic E-state index is -0.0884. The quantitative estimate of drug-likeness (QED) is 0.416. The number of fused-ring (bicyclic) bond motifs is 3. The fraction of sp³-hybridized carbons (Fsp3) is 0.300. The van der Waals surface area contributed by atoms with Gasteiger partial charge in [-0.05, 0) is 56.2 Å². The van der Waals surface area contributed by atoms with Crippen LogP contribution < -0.4 is 14.4 Å². The normalized spacial score (nSPS) is 16.9. The topological polar surface area (TPSA) is 57.8 Å². The number of H-pyrrole nitrogens is 1. The van der Waals surface area contributed by atoms with E-state index in [1.807, 2.05) is 71.8 Å². The van der Waals surface area contributed by atoms with E-state index in [0.29, 0.717) is 30.2 Å². The maximum Gasteiger partial charge on any atom is 0.260 e. The van der Waals surface area contributed by atoms with E-state index in [4.69, 9.17) is 9.47 Å². The van der Waals surface area contributed by atoms with Crippen molar-refractivity contribution in [2.24, 2.45) is 0 Å². The highest BCUT2D eigenvalue weighted by Gasteiger charge is 2.47. The number of likely N-dealkylation sites (tertiary alicyclic amines) is 1. The van der Waals surface area contributed by atoms with Crippen LogP contribution in [0.2, 0.25) is 0 Å². The third-order valence-electron chi connectivity index (χ3n) is 7.85. The van der Waals surface area contributed by atoms with E-state index in [-0.39, 0.29) is 11.3 Å². The molecule has 1 spiro atoms. The molecule has 0 unspecified atom stereocenters. The lowest BCUT2D eigenvalue weighted by Crippen LogP contribution is -2.44. The van der Waals surface area contributed by atoms with Gasteiger partial charge in [0, 0.05) is 35.1 Å². The fourth-order valence-electron chi connectivity index (χ4n) is 5.73. The lowest BCUT2D eigenvalue weighted by molar-refractivity contribution is 0.0980. The highest BCUT2D eigenvalue weighted by molar-refractivity contribution is 6.15. The minimum Gasteiger partial charge on any atom is -0.493 e. The summed E-state index contributed by atoms with van der Waals surface area (Å²) in [4.78, 5) is 21.6. The van der Waals surface area contributed by atoms with Gasteiger partial charge in [-0.2, -0.15) is 0 Å². The van der Waals surface area contributed by atoms with Crippen LogP contribution in [0.4, 0.5) is 5.69 Å². The van der Waals surface area contributed by atoms with E-state index >= 15 is 0 Å². The molecule has 6 nitrogen and oxygen atoms in total. The second kappa shape index (κ2) is 9.03. The average molecular weight is 482 g/mol. The zero-order chi connectivity index (χ0) is 24.7. The smallest absolute Gasteiger partial charge is 0.260 e. The minimum absolute atomic E-state index is 0.0173. The van der Waals surface area contributed by atoms with Crippen LogP contribution in [0.25, 0.3) is 10.9 Å². The summed E-state index contributed by atoms with van der Waals surface area (Å²) >= 11 is 0. The van der Waals surface area contributed by atoms with Crippen LogP contribution in [0.1, 0.15) is 34.3 Å². The second-order valence-electron chi connectivity index (χ2n) is 10.0. The second-order valence-corrected chi connectivity index (χ2v) is 10.0. The monoisotopic (exact) mass is 481 g/mol. The molecule has 0 saturated carbocycles. The molecule has 3 heterocycles. The summed E-state index contributed by atoms with van der Waals surface area (Å²) in [6, 6.07) is 22.2. The molecule has 0 aliphatic carbocycles. The first kappa shape index (κ1) is 22.7. The number of anilines is 1. The molecule has 6 rings (SSSR count). The molecular weight excluding hydrogens is 450 g/mol. The molecule has 184 valence electrons. The summed E-state index contributed by atoms with van der Waals surface area (Å²) in [7, 11) is 3.85. The van der Waals surface area contributed by atoms with Gasteiger partial charge in [-0.1, -0.05) is 48.5 Å². The number of carbonyl (C=O) groups excluding carboxylic acids is 1. The van der Waals surface area contributed by atoms with Gasteiger partial charge < -0.3 is 24.3 Å². The maximum absolute atomic E-state index is 14.0. The molecule has 4 aromatic rings. The summed E-state index contributed by atoms with van der Waals surface area (Å²) in [6.07, 6.45) is 3.84. The van der Waals surface area contributed by atoms with Crippen LogP contribution in [0.15, 0.2) is 72.9 Å². The molecule has 0 bridgehead atoms. The van der Waals surface area contributed by atoms with Gasteiger partial charge in [-0.3, -0.25) is 4.79 Å². The van der Waals surface area contributed by atoms with Gasteiger partial charge in [0.05, 0.1) is 18.4 Å². The highest BCUT2D eigenvalue weighted by Crippen LogP contribution is 2.51. The Balaban J connectivity index is 1.42. The summed E-state index contributed by atoms with van der Waals surface area (Å²) in [5.74, 6) is 1.38. The number of aromatic nitrogens is 1. The van der Waals surface area contributed by atoms with Gasteiger partial charge in [-0.25, -0.2) is 0 Å². The number of piperidine rings is 1. The standard InChI is InChI=1S/C30H31N3O3/c1-32-14-12-30(13-15-32)20-33(29(34)23-18-31-25-11-7-6-10-22(23)25)26-17-28(27(35-2)16-24(26)30)36-19-21-8-4-3-5-9-21/h3-11,16-18,31H,12-15,19-20H2,1-2H3. The zero-order valence-corrected chi connectivity index (χ0v) is 20.8. The number of nitrogens with one attached hydrogen (secondary N) is 1. The summed E-state index contributed by atoms with van der Waals surface area (Å²) in [5.41, 5.74) is 4.78. The first-order chi connectivity index (χ1) is 17.6. The van der Waals surface area contributed by atoms with Crippen LogP contribution in [0.5, 0.6) is 11.5 Å². The van der Waals surface area contributed by atoms with Crippen molar-refractivity contribution in [2.45, 2.75) is 24.9 Å². The van der Waals surface area contributed by atoms with E-state index in [9.17, 15) is 4.79 Å². The Morgan fingerprint density at radius 2 is 1.75 bits per heavy atom. The van der Waals surface area contributed by atoms with Crippen molar-refractivity contribution >= 4 is 22.5 Å². The molecule has 6 heteroatoms. The SMILES string of the molecule is COc1cc2c(cc1OCc1ccccc1)N(C(=O)c1c[nH]c3ccccc13)CC21CCN(C)CC1. The van der Waals surface area contributed by atoms with Crippen LogP contribution >= 0.6 is 0 Å². The Kier molecular flexibility index (Phi) is 5.69. The van der Waals surface area contributed by atoms with E-state index < -0.39 is 0 Å². The molecule has 2 aliphatic heterocycles. The molecule has 0 radical (unpaired) electrons. The molecule has 1 saturated heterocycles. The van der Waals surface area contributed by atoms with Crippen LogP contribution in [-0.4, -0.2) is 49.6 Å². The van der Waals surface area contributed by atoms with Crippen molar-refractivity contribution in [3.63, 3.8) is 0 Å². The Hall–Kier alpha value is -3.77. The van der Waals surface area contributed by atoms with E-state index in [1.54, 1.807) is 7.11 Å².